The molecule has 0 spiro atoms. The number of benzene rings is 2. The van der Waals surface area contributed by atoms with Crippen molar-refractivity contribution in [2.75, 3.05) is 7.11 Å². The standard InChI is InChI=1S/C29H40N3O9P/c1-19(2)16-25(42(37,38)41-24(28(35)39-5)17-22-12-8-6-9-13-22)30-20(3)26(33)32-27(34)21(4)31-29(36)40-18-23-14-10-7-11-15-23/h6-15,19-21,24-25,30H,16-18H2,1-5H3,(H,31,36)(H,37,38)(H,32,33,34)/t20-,21-,24-,25+/m0/s1. The molecule has 1 unspecified atom stereocenters. The van der Waals surface area contributed by atoms with Gasteiger partial charge < -0.3 is 19.7 Å². The number of carbonyl (C=O) groups is 4. The summed E-state index contributed by atoms with van der Waals surface area (Å²) in [5.74, 6) is -3.77. The van der Waals surface area contributed by atoms with E-state index in [-0.39, 0.29) is 25.4 Å². The fraction of sp³-hybridized carbons (Fsp3) is 0.448. The molecule has 2 rings (SSSR count). The lowest BCUT2D eigenvalue weighted by atomic mass is 10.1. The van der Waals surface area contributed by atoms with E-state index in [1.54, 1.807) is 54.6 Å². The number of alkyl carbamates (subject to hydrolysis) is 1. The van der Waals surface area contributed by atoms with Gasteiger partial charge in [-0.15, -0.1) is 0 Å². The van der Waals surface area contributed by atoms with Crippen molar-refractivity contribution in [3.05, 3.63) is 71.8 Å². The molecule has 12 nitrogen and oxygen atoms in total. The lowest BCUT2D eigenvalue weighted by Gasteiger charge is -2.29. The zero-order valence-corrected chi connectivity index (χ0v) is 25.3. The maximum Gasteiger partial charge on any atom is 0.408 e. The van der Waals surface area contributed by atoms with E-state index in [2.05, 4.69) is 16.0 Å². The van der Waals surface area contributed by atoms with Crippen LogP contribution in [0.5, 0.6) is 0 Å². The Bertz CT molecular complexity index is 1230. The number of hydrogen-bond acceptors (Lipinski definition) is 9. The second-order valence-electron chi connectivity index (χ2n) is 10.2. The van der Waals surface area contributed by atoms with Crippen LogP contribution < -0.4 is 16.0 Å². The van der Waals surface area contributed by atoms with Crippen LogP contribution in [-0.2, 0) is 46.0 Å². The first kappa shape index (κ1) is 34.6. The van der Waals surface area contributed by atoms with Gasteiger partial charge in [0.1, 0.15) is 18.4 Å². The number of ether oxygens (including phenoxy) is 2. The van der Waals surface area contributed by atoms with E-state index in [0.717, 1.165) is 12.7 Å². The molecule has 2 aromatic carbocycles. The molecule has 0 saturated carbocycles. The third kappa shape index (κ3) is 11.7. The minimum absolute atomic E-state index is 0.00358. The lowest BCUT2D eigenvalue weighted by molar-refractivity contribution is -0.149. The van der Waals surface area contributed by atoms with Crippen molar-refractivity contribution >= 4 is 31.5 Å². The highest BCUT2D eigenvalue weighted by Crippen LogP contribution is 2.50. The number of carbonyl (C=O) groups excluding carboxylic acids is 4. The normalized spacial score (nSPS) is 15.4. The zero-order valence-electron chi connectivity index (χ0n) is 24.4. The van der Waals surface area contributed by atoms with Gasteiger partial charge in [-0.25, -0.2) is 9.59 Å². The number of hydrogen-bond donors (Lipinski definition) is 4. The summed E-state index contributed by atoms with van der Waals surface area (Å²) < 4.78 is 28.8. The van der Waals surface area contributed by atoms with Crippen LogP contribution in [0.25, 0.3) is 0 Å². The molecule has 0 aromatic heterocycles. The monoisotopic (exact) mass is 605 g/mol. The van der Waals surface area contributed by atoms with Gasteiger partial charge in [-0.05, 0) is 37.3 Å². The van der Waals surface area contributed by atoms with Crippen LogP contribution in [0.4, 0.5) is 4.79 Å². The van der Waals surface area contributed by atoms with Crippen molar-refractivity contribution in [2.24, 2.45) is 5.92 Å². The summed E-state index contributed by atoms with van der Waals surface area (Å²) in [7, 11) is -3.42. The summed E-state index contributed by atoms with van der Waals surface area (Å²) in [5, 5.41) is 7.29. The number of amides is 3. The molecular weight excluding hydrogens is 565 g/mol. The van der Waals surface area contributed by atoms with Crippen molar-refractivity contribution in [3.8, 4) is 0 Å². The number of methoxy groups -OCH3 is 1. The Labute approximate surface area is 246 Å². The topological polar surface area (TPSA) is 169 Å². The fourth-order valence-corrected chi connectivity index (χ4v) is 5.60. The summed E-state index contributed by atoms with van der Waals surface area (Å²) in [6.45, 7) is 6.42. The van der Waals surface area contributed by atoms with Crippen molar-refractivity contribution in [2.45, 2.75) is 71.1 Å². The molecular formula is C29H40N3O9P. The van der Waals surface area contributed by atoms with Gasteiger partial charge in [0.05, 0.1) is 13.2 Å². The molecule has 4 N–H and O–H groups in total. The van der Waals surface area contributed by atoms with Crippen molar-refractivity contribution in [1.29, 1.82) is 0 Å². The SMILES string of the molecule is COC(=O)[C@H](Cc1ccccc1)OP(=O)(O)[C@H](CC(C)C)N[C@@H](C)C(=O)NC(=O)[C@H](C)NC(=O)OCc1ccccc1. The number of nitrogens with one attached hydrogen (secondary N) is 3. The minimum atomic E-state index is -4.57. The van der Waals surface area contributed by atoms with Crippen molar-refractivity contribution in [1.82, 2.24) is 16.0 Å². The van der Waals surface area contributed by atoms with Gasteiger partial charge in [0.25, 0.3) is 0 Å². The predicted octanol–water partition coefficient (Wildman–Crippen LogP) is 3.28. The summed E-state index contributed by atoms with van der Waals surface area (Å²) >= 11 is 0. The second-order valence-corrected chi connectivity index (χ2v) is 12.1. The summed E-state index contributed by atoms with van der Waals surface area (Å²) in [5.41, 5.74) is 1.46. The van der Waals surface area contributed by atoms with E-state index in [0.29, 0.717) is 5.56 Å². The molecule has 2 aromatic rings. The maximum atomic E-state index is 13.4. The van der Waals surface area contributed by atoms with Gasteiger partial charge in [0.2, 0.25) is 11.8 Å². The zero-order chi connectivity index (χ0) is 31.3. The fourth-order valence-electron chi connectivity index (χ4n) is 3.83. The molecule has 3 amide bonds. The first-order valence-electron chi connectivity index (χ1n) is 13.5. The van der Waals surface area contributed by atoms with Crippen LogP contribution in [-0.4, -0.2) is 59.9 Å². The summed E-state index contributed by atoms with van der Waals surface area (Å²) in [4.78, 5) is 60.8. The maximum absolute atomic E-state index is 13.4. The highest BCUT2D eigenvalue weighted by atomic mass is 31.2. The Morgan fingerprint density at radius 2 is 1.40 bits per heavy atom. The predicted molar refractivity (Wildman–Crippen MR) is 155 cm³/mol. The van der Waals surface area contributed by atoms with Gasteiger partial charge in [0, 0.05) is 6.42 Å². The molecule has 0 aliphatic carbocycles. The van der Waals surface area contributed by atoms with Crippen molar-refractivity contribution in [3.63, 3.8) is 0 Å². The average molecular weight is 606 g/mol. The third-order valence-corrected chi connectivity index (χ3v) is 7.82. The van der Waals surface area contributed by atoms with E-state index in [1.165, 1.54) is 13.8 Å². The summed E-state index contributed by atoms with van der Waals surface area (Å²) in [6.07, 6.45) is -2.10. The van der Waals surface area contributed by atoms with Crippen LogP contribution in [0, 0.1) is 5.92 Å². The van der Waals surface area contributed by atoms with Crippen LogP contribution in [0.3, 0.4) is 0 Å². The minimum Gasteiger partial charge on any atom is -0.467 e. The molecule has 5 atom stereocenters. The number of esters is 1. The molecule has 0 bridgehead atoms. The molecule has 0 aliphatic heterocycles. The largest absolute Gasteiger partial charge is 0.467 e. The third-order valence-electron chi connectivity index (χ3n) is 6.12. The molecule has 42 heavy (non-hydrogen) atoms. The average Bonchev–Trinajstić information content (AvgIpc) is 2.95. The smallest absolute Gasteiger partial charge is 0.408 e. The van der Waals surface area contributed by atoms with Gasteiger partial charge in [-0.3, -0.25) is 29.3 Å². The van der Waals surface area contributed by atoms with Gasteiger partial charge in [-0.2, -0.15) is 0 Å². The highest BCUT2D eigenvalue weighted by molar-refractivity contribution is 7.53. The Kier molecular flexibility index (Phi) is 13.8. The molecule has 0 aliphatic rings. The molecule has 13 heteroatoms. The second kappa shape index (κ2) is 16.8. The number of imide groups is 1. The molecule has 0 radical (unpaired) electrons. The Morgan fingerprint density at radius 3 is 1.95 bits per heavy atom. The first-order valence-corrected chi connectivity index (χ1v) is 15.2. The van der Waals surface area contributed by atoms with E-state index in [1.807, 2.05) is 19.9 Å². The Balaban J connectivity index is 2.00. The molecule has 0 fully saturated rings. The molecule has 0 heterocycles. The van der Waals surface area contributed by atoms with Gasteiger partial charge in [-0.1, -0.05) is 74.5 Å². The van der Waals surface area contributed by atoms with Crippen LogP contribution >= 0.6 is 7.60 Å². The molecule has 230 valence electrons. The quantitative estimate of drug-likeness (QED) is 0.175. The lowest BCUT2D eigenvalue weighted by Crippen LogP contribution is -2.53. The highest BCUT2D eigenvalue weighted by Gasteiger charge is 2.39. The van der Waals surface area contributed by atoms with Crippen LogP contribution in [0.2, 0.25) is 0 Å². The van der Waals surface area contributed by atoms with Gasteiger partial charge in [0.15, 0.2) is 6.10 Å². The van der Waals surface area contributed by atoms with Crippen LogP contribution in [0.15, 0.2) is 60.7 Å². The molecule has 0 saturated heterocycles. The first-order chi connectivity index (χ1) is 19.8. The Morgan fingerprint density at radius 1 is 0.857 bits per heavy atom. The van der Waals surface area contributed by atoms with E-state index >= 15 is 0 Å². The number of rotatable bonds is 15. The van der Waals surface area contributed by atoms with Crippen molar-refractivity contribution < 1.29 is 42.6 Å². The Hall–Kier alpha value is -3.57. The van der Waals surface area contributed by atoms with E-state index < -0.39 is 55.4 Å². The van der Waals surface area contributed by atoms with Gasteiger partial charge >= 0.3 is 19.7 Å². The van der Waals surface area contributed by atoms with Crippen LogP contribution in [0.1, 0.15) is 45.2 Å². The summed E-state index contributed by atoms with van der Waals surface area (Å²) in [6, 6.07) is 15.5. The van der Waals surface area contributed by atoms with E-state index in [4.69, 9.17) is 14.0 Å². The van der Waals surface area contributed by atoms with E-state index in [9.17, 15) is 28.6 Å².